The van der Waals surface area contributed by atoms with Gasteiger partial charge in [0, 0.05) is 19.6 Å². The fraction of sp³-hybridized carbons (Fsp3) is 0.400. The van der Waals surface area contributed by atoms with E-state index in [0.29, 0.717) is 45.1 Å². The van der Waals surface area contributed by atoms with Gasteiger partial charge in [0.15, 0.2) is 0 Å². The molecule has 1 aromatic heterocycles. The Balaban J connectivity index is 1.52. The highest BCUT2D eigenvalue weighted by molar-refractivity contribution is 8.00. The molecule has 0 bridgehead atoms. The number of thioether (sulfide) groups is 1. The van der Waals surface area contributed by atoms with Gasteiger partial charge >= 0.3 is 0 Å². The summed E-state index contributed by atoms with van der Waals surface area (Å²) in [6.45, 7) is 3.36. The average molecular weight is 388 g/mol. The van der Waals surface area contributed by atoms with Gasteiger partial charge in [0.2, 0.25) is 11.8 Å². The van der Waals surface area contributed by atoms with E-state index < -0.39 is 0 Å². The van der Waals surface area contributed by atoms with Crippen molar-refractivity contribution in [2.45, 2.75) is 13.1 Å². The van der Waals surface area contributed by atoms with E-state index in [1.54, 1.807) is 16.1 Å². The summed E-state index contributed by atoms with van der Waals surface area (Å²) in [5.74, 6) is 1.38. The number of hydrogen-bond acceptors (Lipinski definition) is 5. The van der Waals surface area contributed by atoms with Crippen LogP contribution in [0.5, 0.6) is 0 Å². The largest absolute Gasteiger partial charge is 0.467 e. The molecular weight excluding hydrogens is 364 g/mol. The first-order valence-corrected chi connectivity index (χ1v) is 10.1. The van der Waals surface area contributed by atoms with Gasteiger partial charge in [-0.3, -0.25) is 9.59 Å². The number of morpholine rings is 1. The van der Waals surface area contributed by atoms with Gasteiger partial charge in [-0.2, -0.15) is 0 Å². The number of rotatable bonds is 8. The first-order chi connectivity index (χ1) is 13.2. The molecule has 0 saturated carbocycles. The SMILES string of the molecule is O=C(CSCC(=O)N(Cc1ccccc1)Cc1ccco1)N1CCOCC1. The van der Waals surface area contributed by atoms with E-state index in [9.17, 15) is 9.59 Å². The lowest BCUT2D eigenvalue weighted by Crippen LogP contribution is -2.41. The van der Waals surface area contributed by atoms with Crippen LogP contribution in [0.1, 0.15) is 11.3 Å². The summed E-state index contributed by atoms with van der Waals surface area (Å²) in [7, 11) is 0. The van der Waals surface area contributed by atoms with E-state index in [1.165, 1.54) is 11.8 Å². The van der Waals surface area contributed by atoms with Gasteiger partial charge < -0.3 is 19.0 Å². The van der Waals surface area contributed by atoms with Crippen LogP contribution in [0, 0.1) is 0 Å². The molecule has 2 amide bonds. The maximum absolute atomic E-state index is 12.8. The Morgan fingerprint density at radius 3 is 2.48 bits per heavy atom. The zero-order valence-corrected chi connectivity index (χ0v) is 16.0. The Morgan fingerprint density at radius 2 is 1.78 bits per heavy atom. The van der Waals surface area contributed by atoms with Crippen LogP contribution in [-0.4, -0.2) is 59.4 Å². The fourth-order valence-electron chi connectivity index (χ4n) is 2.85. The summed E-state index contributed by atoms with van der Waals surface area (Å²) in [4.78, 5) is 28.5. The molecule has 1 aliphatic heterocycles. The van der Waals surface area contributed by atoms with Crippen LogP contribution in [-0.2, 0) is 27.4 Å². The van der Waals surface area contributed by atoms with E-state index in [0.717, 1.165) is 11.3 Å². The summed E-state index contributed by atoms with van der Waals surface area (Å²) in [6.07, 6.45) is 1.61. The summed E-state index contributed by atoms with van der Waals surface area (Å²) in [6, 6.07) is 13.5. The second-order valence-corrected chi connectivity index (χ2v) is 7.29. The Labute approximate surface area is 163 Å². The third-order valence-corrected chi connectivity index (χ3v) is 5.21. The zero-order chi connectivity index (χ0) is 18.9. The number of amides is 2. The van der Waals surface area contributed by atoms with Crippen molar-refractivity contribution in [3.8, 4) is 0 Å². The molecule has 0 unspecified atom stereocenters. The molecule has 0 N–H and O–H groups in total. The Kier molecular flexibility index (Phi) is 7.36. The van der Waals surface area contributed by atoms with Gasteiger partial charge in [-0.15, -0.1) is 11.8 Å². The van der Waals surface area contributed by atoms with Crippen molar-refractivity contribution in [3.63, 3.8) is 0 Å². The molecule has 7 heteroatoms. The minimum atomic E-state index is -0.00460. The number of carbonyl (C=O) groups is 2. The van der Waals surface area contributed by atoms with Crippen LogP contribution in [0.3, 0.4) is 0 Å². The Bertz CT molecular complexity index is 715. The molecule has 1 saturated heterocycles. The Morgan fingerprint density at radius 1 is 1.00 bits per heavy atom. The Hall–Kier alpha value is -2.25. The highest BCUT2D eigenvalue weighted by atomic mass is 32.2. The van der Waals surface area contributed by atoms with Crippen molar-refractivity contribution in [2.24, 2.45) is 0 Å². The third kappa shape index (κ3) is 6.15. The minimum absolute atomic E-state index is 0.00460. The number of furan rings is 1. The fourth-order valence-corrected chi connectivity index (χ4v) is 3.66. The monoisotopic (exact) mass is 388 g/mol. The quantitative estimate of drug-likeness (QED) is 0.695. The van der Waals surface area contributed by atoms with Gasteiger partial charge in [-0.05, 0) is 17.7 Å². The lowest BCUT2D eigenvalue weighted by Gasteiger charge is -2.27. The molecule has 2 heterocycles. The van der Waals surface area contributed by atoms with Crippen LogP contribution in [0.25, 0.3) is 0 Å². The lowest BCUT2D eigenvalue weighted by atomic mass is 10.2. The molecule has 2 aromatic rings. The van der Waals surface area contributed by atoms with Crippen molar-refractivity contribution in [3.05, 3.63) is 60.1 Å². The van der Waals surface area contributed by atoms with Crippen LogP contribution in [0.2, 0.25) is 0 Å². The summed E-state index contributed by atoms with van der Waals surface area (Å²) < 4.78 is 10.7. The minimum Gasteiger partial charge on any atom is -0.467 e. The van der Waals surface area contributed by atoms with Crippen LogP contribution >= 0.6 is 11.8 Å². The topological polar surface area (TPSA) is 63.0 Å². The number of hydrogen-bond donors (Lipinski definition) is 0. The van der Waals surface area contributed by atoms with E-state index in [2.05, 4.69) is 0 Å². The molecule has 3 rings (SSSR count). The first-order valence-electron chi connectivity index (χ1n) is 9.00. The summed E-state index contributed by atoms with van der Waals surface area (Å²) in [5.41, 5.74) is 1.06. The molecule has 6 nitrogen and oxygen atoms in total. The van der Waals surface area contributed by atoms with E-state index in [-0.39, 0.29) is 17.6 Å². The molecule has 0 spiro atoms. The molecule has 1 aliphatic rings. The van der Waals surface area contributed by atoms with Gasteiger partial charge in [0.25, 0.3) is 0 Å². The van der Waals surface area contributed by atoms with Crippen LogP contribution in [0.15, 0.2) is 53.1 Å². The lowest BCUT2D eigenvalue weighted by molar-refractivity contribution is -0.132. The predicted octanol–water partition coefficient (Wildman–Crippen LogP) is 2.40. The number of ether oxygens (including phenoxy) is 1. The normalized spacial score (nSPS) is 14.1. The van der Waals surface area contributed by atoms with Crippen molar-refractivity contribution < 1.29 is 18.7 Å². The number of nitrogens with zero attached hydrogens (tertiary/aromatic N) is 2. The standard InChI is InChI=1S/C20H24N2O4S/c23-19(21-8-11-25-12-9-21)15-27-16-20(24)22(14-18-7-4-10-26-18)13-17-5-2-1-3-6-17/h1-7,10H,8-9,11-16H2. The second kappa shape index (κ2) is 10.2. The second-order valence-electron chi connectivity index (χ2n) is 6.30. The van der Waals surface area contributed by atoms with E-state index in [1.807, 2.05) is 42.5 Å². The molecule has 1 fully saturated rings. The predicted molar refractivity (Wildman–Crippen MR) is 104 cm³/mol. The first kappa shape index (κ1) is 19.5. The maximum atomic E-state index is 12.8. The van der Waals surface area contributed by atoms with Gasteiger partial charge in [0.05, 0.1) is 37.5 Å². The van der Waals surface area contributed by atoms with Crippen LogP contribution < -0.4 is 0 Å². The van der Waals surface area contributed by atoms with Crippen LogP contribution in [0.4, 0.5) is 0 Å². The zero-order valence-electron chi connectivity index (χ0n) is 15.2. The van der Waals surface area contributed by atoms with Crippen molar-refractivity contribution >= 4 is 23.6 Å². The number of benzene rings is 1. The van der Waals surface area contributed by atoms with E-state index >= 15 is 0 Å². The molecule has 0 atom stereocenters. The molecular formula is C20H24N2O4S. The molecule has 27 heavy (non-hydrogen) atoms. The molecule has 0 aliphatic carbocycles. The van der Waals surface area contributed by atoms with Crippen molar-refractivity contribution in [1.29, 1.82) is 0 Å². The van der Waals surface area contributed by atoms with Gasteiger partial charge in [0.1, 0.15) is 5.76 Å². The van der Waals surface area contributed by atoms with Gasteiger partial charge in [-0.25, -0.2) is 0 Å². The maximum Gasteiger partial charge on any atom is 0.233 e. The summed E-state index contributed by atoms with van der Waals surface area (Å²) >= 11 is 1.36. The molecule has 1 aromatic carbocycles. The molecule has 0 radical (unpaired) electrons. The number of carbonyl (C=O) groups excluding carboxylic acids is 2. The highest BCUT2D eigenvalue weighted by Gasteiger charge is 2.19. The highest BCUT2D eigenvalue weighted by Crippen LogP contribution is 2.14. The smallest absolute Gasteiger partial charge is 0.233 e. The summed E-state index contributed by atoms with van der Waals surface area (Å²) in [5, 5.41) is 0. The average Bonchev–Trinajstić information content (AvgIpc) is 3.22. The van der Waals surface area contributed by atoms with Gasteiger partial charge in [-0.1, -0.05) is 30.3 Å². The molecule has 144 valence electrons. The van der Waals surface area contributed by atoms with Crippen molar-refractivity contribution in [1.82, 2.24) is 9.80 Å². The van der Waals surface area contributed by atoms with E-state index in [4.69, 9.17) is 9.15 Å². The van der Waals surface area contributed by atoms with Crippen molar-refractivity contribution in [2.75, 3.05) is 37.8 Å². The third-order valence-electron chi connectivity index (χ3n) is 4.31.